The molecule has 1 amide bonds. The molecule has 0 atom stereocenters. The van der Waals surface area contributed by atoms with Crippen molar-refractivity contribution in [3.8, 4) is 0 Å². The first-order chi connectivity index (χ1) is 8.92. The first-order valence-corrected chi connectivity index (χ1v) is 6.46. The molecule has 1 aromatic carbocycles. The van der Waals surface area contributed by atoms with E-state index < -0.39 is 11.4 Å². The molecule has 2 N–H and O–H groups in total. The summed E-state index contributed by atoms with van der Waals surface area (Å²) in [5.41, 5.74) is 0.623. The normalized spacial score (nSPS) is 11.1. The number of carbonyl (C=O) groups is 2. The number of hydrogen-bond donors (Lipinski definition) is 2. The van der Waals surface area contributed by atoms with E-state index in [9.17, 15) is 9.59 Å². The van der Waals surface area contributed by atoms with Gasteiger partial charge in [-0.25, -0.2) is 0 Å². The van der Waals surface area contributed by atoms with Crippen molar-refractivity contribution in [1.82, 2.24) is 5.32 Å². The number of aliphatic carboxylic acids is 1. The number of amides is 1. The van der Waals surface area contributed by atoms with Gasteiger partial charge in [-0.3, -0.25) is 9.59 Å². The Morgan fingerprint density at radius 2 is 1.84 bits per heavy atom. The maximum Gasteiger partial charge on any atom is 0.303 e. The number of nitrogens with one attached hydrogen (secondary N) is 1. The molecule has 0 spiro atoms. The first-order valence-electron chi connectivity index (χ1n) is 6.46. The molecule has 4 heteroatoms. The van der Waals surface area contributed by atoms with Crippen LogP contribution in [-0.2, 0) is 16.0 Å². The first kappa shape index (κ1) is 15.2. The van der Waals surface area contributed by atoms with E-state index in [0.717, 1.165) is 5.56 Å². The predicted molar refractivity (Wildman–Crippen MR) is 73.8 cm³/mol. The molecule has 0 saturated carbocycles. The molecule has 1 aromatic rings. The largest absolute Gasteiger partial charge is 0.481 e. The van der Waals surface area contributed by atoms with Crippen molar-refractivity contribution in [2.45, 2.75) is 33.1 Å². The van der Waals surface area contributed by atoms with Gasteiger partial charge in [-0.1, -0.05) is 44.2 Å². The summed E-state index contributed by atoms with van der Waals surface area (Å²) in [6.07, 6.45) is 1.21. The Hall–Kier alpha value is -1.84. The average molecular weight is 263 g/mol. The zero-order chi connectivity index (χ0) is 14.3. The van der Waals surface area contributed by atoms with Gasteiger partial charge < -0.3 is 10.4 Å². The van der Waals surface area contributed by atoms with Gasteiger partial charge in [0.15, 0.2) is 0 Å². The van der Waals surface area contributed by atoms with Crippen molar-refractivity contribution >= 4 is 11.9 Å². The van der Waals surface area contributed by atoms with E-state index >= 15 is 0 Å². The second-order valence-electron chi connectivity index (χ2n) is 5.30. The van der Waals surface area contributed by atoms with E-state index in [0.29, 0.717) is 19.4 Å². The third-order valence-corrected chi connectivity index (χ3v) is 2.96. The Bertz CT molecular complexity index is 426. The third kappa shape index (κ3) is 5.55. The van der Waals surface area contributed by atoms with Crippen molar-refractivity contribution in [2.75, 3.05) is 6.54 Å². The van der Waals surface area contributed by atoms with Gasteiger partial charge >= 0.3 is 5.97 Å². The number of hydrogen-bond acceptors (Lipinski definition) is 2. The van der Waals surface area contributed by atoms with Crippen LogP contribution in [0.2, 0.25) is 0 Å². The van der Waals surface area contributed by atoms with Crippen LogP contribution >= 0.6 is 0 Å². The molecule has 0 aromatic heterocycles. The van der Waals surface area contributed by atoms with E-state index in [2.05, 4.69) is 5.32 Å². The standard InChI is InChI=1S/C15H21NO3/c1-15(2,11-12-7-4-3-5-8-12)14(19)16-10-6-9-13(17)18/h3-5,7-8H,6,9-11H2,1-2H3,(H,16,19)(H,17,18). The number of carboxylic acids is 1. The molecule has 0 aliphatic carbocycles. The second kappa shape index (κ2) is 6.92. The molecule has 0 radical (unpaired) electrons. The highest BCUT2D eigenvalue weighted by atomic mass is 16.4. The van der Waals surface area contributed by atoms with E-state index in [4.69, 9.17) is 5.11 Å². The summed E-state index contributed by atoms with van der Waals surface area (Å²) in [4.78, 5) is 22.4. The summed E-state index contributed by atoms with van der Waals surface area (Å²) >= 11 is 0. The van der Waals surface area contributed by atoms with Crippen molar-refractivity contribution in [3.63, 3.8) is 0 Å². The van der Waals surface area contributed by atoms with Crippen LogP contribution in [-0.4, -0.2) is 23.5 Å². The van der Waals surface area contributed by atoms with Crippen molar-refractivity contribution in [3.05, 3.63) is 35.9 Å². The molecule has 0 unspecified atom stereocenters. The fourth-order valence-corrected chi connectivity index (χ4v) is 1.87. The highest BCUT2D eigenvalue weighted by Crippen LogP contribution is 2.21. The molecule has 0 aliphatic rings. The van der Waals surface area contributed by atoms with Crippen LogP contribution in [0.1, 0.15) is 32.3 Å². The zero-order valence-corrected chi connectivity index (χ0v) is 11.5. The summed E-state index contributed by atoms with van der Waals surface area (Å²) < 4.78 is 0. The van der Waals surface area contributed by atoms with E-state index in [1.54, 1.807) is 0 Å². The van der Waals surface area contributed by atoms with Gasteiger partial charge in [0.25, 0.3) is 0 Å². The Morgan fingerprint density at radius 3 is 2.42 bits per heavy atom. The molecule has 0 fully saturated rings. The van der Waals surface area contributed by atoms with Gasteiger partial charge in [-0.2, -0.15) is 0 Å². The quantitative estimate of drug-likeness (QED) is 0.741. The molecule has 0 bridgehead atoms. The van der Waals surface area contributed by atoms with Gasteiger partial charge in [0.05, 0.1) is 0 Å². The lowest BCUT2D eigenvalue weighted by Gasteiger charge is -2.23. The van der Waals surface area contributed by atoms with Gasteiger partial charge in [0, 0.05) is 18.4 Å². The Morgan fingerprint density at radius 1 is 1.21 bits per heavy atom. The monoisotopic (exact) mass is 263 g/mol. The predicted octanol–water partition coefficient (Wildman–Crippen LogP) is 2.24. The molecular formula is C15H21NO3. The van der Waals surface area contributed by atoms with E-state index in [1.807, 2.05) is 44.2 Å². The van der Waals surface area contributed by atoms with Crippen molar-refractivity contribution in [1.29, 1.82) is 0 Å². The van der Waals surface area contributed by atoms with Crippen LogP contribution in [0.4, 0.5) is 0 Å². The van der Waals surface area contributed by atoms with Gasteiger partial charge in [0.2, 0.25) is 5.91 Å². The number of carboxylic acid groups (broad SMARTS) is 1. The Labute approximate surface area is 113 Å². The molecule has 19 heavy (non-hydrogen) atoms. The molecule has 0 aliphatic heterocycles. The van der Waals surface area contributed by atoms with Crippen LogP contribution in [0, 0.1) is 5.41 Å². The summed E-state index contributed by atoms with van der Waals surface area (Å²) in [7, 11) is 0. The topological polar surface area (TPSA) is 66.4 Å². The van der Waals surface area contributed by atoms with E-state index in [1.165, 1.54) is 0 Å². The molecule has 0 saturated heterocycles. The van der Waals surface area contributed by atoms with Crippen LogP contribution in [0.5, 0.6) is 0 Å². The van der Waals surface area contributed by atoms with Crippen LogP contribution in [0.25, 0.3) is 0 Å². The van der Waals surface area contributed by atoms with Crippen LogP contribution < -0.4 is 5.32 Å². The van der Waals surface area contributed by atoms with E-state index in [-0.39, 0.29) is 12.3 Å². The maximum absolute atomic E-state index is 12.1. The van der Waals surface area contributed by atoms with Crippen molar-refractivity contribution < 1.29 is 14.7 Å². The second-order valence-corrected chi connectivity index (χ2v) is 5.30. The zero-order valence-electron chi connectivity index (χ0n) is 11.5. The Balaban J connectivity index is 2.43. The third-order valence-electron chi connectivity index (χ3n) is 2.96. The minimum Gasteiger partial charge on any atom is -0.481 e. The minimum absolute atomic E-state index is 0.0401. The summed E-state index contributed by atoms with van der Waals surface area (Å²) in [6, 6.07) is 9.85. The van der Waals surface area contributed by atoms with Gasteiger partial charge in [0.1, 0.15) is 0 Å². The summed E-state index contributed by atoms with van der Waals surface area (Å²) in [5, 5.41) is 11.3. The Kier molecular flexibility index (Phi) is 5.55. The molecule has 4 nitrogen and oxygen atoms in total. The summed E-state index contributed by atoms with van der Waals surface area (Å²) in [5.74, 6) is -0.875. The summed E-state index contributed by atoms with van der Waals surface area (Å²) in [6.45, 7) is 4.20. The fourth-order valence-electron chi connectivity index (χ4n) is 1.87. The van der Waals surface area contributed by atoms with Gasteiger partial charge in [-0.05, 0) is 18.4 Å². The maximum atomic E-state index is 12.1. The highest BCUT2D eigenvalue weighted by molar-refractivity contribution is 5.82. The minimum atomic E-state index is -0.835. The molecular weight excluding hydrogens is 242 g/mol. The molecule has 1 rings (SSSR count). The lowest BCUT2D eigenvalue weighted by molar-refractivity contribution is -0.137. The van der Waals surface area contributed by atoms with Gasteiger partial charge in [-0.15, -0.1) is 0 Å². The SMILES string of the molecule is CC(C)(Cc1ccccc1)C(=O)NCCCC(=O)O. The number of carbonyl (C=O) groups excluding carboxylic acids is 1. The van der Waals surface area contributed by atoms with Crippen molar-refractivity contribution in [2.24, 2.45) is 5.41 Å². The lowest BCUT2D eigenvalue weighted by atomic mass is 9.85. The van der Waals surface area contributed by atoms with Crippen LogP contribution in [0.3, 0.4) is 0 Å². The van der Waals surface area contributed by atoms with Crippen LogP contribution in [0.15, 0.2) is 30.3 Å². The fraction of sp³-hybridized carbons (Fsp3) is 0.467. The highest BCUT2D eigenvalue weighted by Gasteiger charge is 2.27. The number of rotatable bonds is 7. The number of benzene rings is 1. The smallest absolute Gasteiger partial charge is 0.303 e. The molecule has 104 valence electrons. The average Bonchev–Trinajstić information content (AvgIpc) is 2.34. The molecule has 0 heterocycles. The lowest BCUT2D eigenvalue weighted by Crippen LogP contribution is -2.38.